The molecule has 5 heteroatoms. The molecule has 2 N–H and O–H groups in total. The summed E-state index contributed by atoms with van der Waals surface area (Å²) in [6.45, 7) is 1.24. The Bertz CT molecular complexity index is 712. The number of benzene rings is 2. The van der Waals surface area contributed by atoms with Gasteiger partial charge in [0.05, 0.1) is 0 Å². The van der Waals surface area contributed by atoms with Gasteiger partial charge in [-0.05, 0) is 30.2 Å². The van der Waals surface area contributed by atoms with Gasteiger partial charge in [-0.15, -0.1) is 0 Å². The standard InChI is InChI=1S/C19H23NO4/c1-14(21)24-20-18(22)11-5-3-2-4-9-16-13-12-15-8-6-7-10-17(15)19(16)23/h6-8,10,12-13,23H,2-5,9,11H2,1H3,(H,20,22). The van der Waals surface area contributed by atoms with E-state index >= 15 is 0 Å². The van der Waals surface area contributed by atoms with E-state index in [1.807, 2.05) is 36.4 Å². The maximum Gasteiger partial charge on any atom is 0.329 e. The van der Waals surface area contributed by atoms with Gasteiger partial charge in [-0.1, -0.05) is 49.2 Å². The summed E-state index contributed by atoms with van der Waals surface area (Å²) in [5, 5.41) is 12.3. The van der Waals surface area contributed by atoms with Crippen LogP contribution in [0, 0.1) is 0 Å². The van der Waals surface area contributed by atoms with Crippen molar-refractivity contribution in [3.63, 3.8) is 0 Å². The first-order valence-electron chi connectivity index (χ1n) is 8.24. The highest BCUT2D eigenvalue weighted by molar-refractivity contribution is 5.89. The zero-order valence-electron chi connectivity index (χ0n) is 13.9. The van der Waals surface area contributed by atoms with Crippen molar-refractivity contribution in [3.8, 4) is 5.75 Å². The molecule has 0 radical (unpaired) electrons. The van der Waals surface area contributed by atoms with Gasteiger partial charge in [0.2, 0.25) is 0 Å². The number of phenolic OH excluding ortho intramolecular Hbond substituents is 1. The summed E-state index contributed by atoms with van der Waals surface area (Å²) >= 11 is 0. The number of aromatic hydroxyl groups is 1. The molecule has 24 heavy (non-hydrogen) atoms. The fraction of sp³-hybridized carbons (Fsp3) is 0.368. The average molecular weight is 329 g/mol. The van der Waals surface area contributed by atoms with Crippen LogP contribution in [-0.4, -0.2) is 17.0 Å². The number of hydrogen-bond acceptors (Lipinski definition) is 4. The van der Waals surface area contributed by atoms with E-state index in [1.165, 1.54) is 6.92 Å². The maximum atomic E-state index is 11.3. The van der Waals surface area contributed by atoms with Gasteiger partial charge >= 0.3 is 5.97 Å². The molecule has 0 saturated carbocycles. The molecule has 2 aromatic rings. The molecule has 1 amide bonds. The molecule has 0 aliphatic carbocycles. The minimum atomic E-state index is -0.529. The lowest BCUT2D eigenvalue weighted by Crippen LogP contribution is -2.25. The summed E-state index contributed by atoms with van der Waals surface area (Å²) in [5.41, 5.74) is 3.06. The Kier molecular flexibility index (Phi) is 6.61. The van der Waals surface area contributed by atoms with Crippen LogP contribution in [0.4, 0.5) is 0 Å². The summed E-state index contributed by atoms with van der Waals surface area (Å²) in [6.07, 6.45) is 4.76. The molecule has 2 aromatic carbocycles. The number of nitrogens with one attached hydrogen (secondary N) is 1. The molecule has 0 atom stereocenters. The second kappa shape index (κ2) is 8.91. The lowest BCUT2D eigenvalue weighted by molar-refractivity contribution is -0.156. The second-order valence-corrected chi connectivity index (χ2v) is 5.83. The number of rotatable bonds is 7. The van der Waals surface area contributed by atoms with E-state index < -0.39 is 5.97 Å². The van der Waals surface area contributed by atoms with E-state index in [9.17, 15) is 14.7 Å². The number of amides is 1. The van der Waals surface area contributed by atoms with Gasteiger partial charge in [0, 0.05) is 18.7 Å². The molecule has 0 aliphatic heterocycles. The van der Waals surface area contributed by atoms with Gasteiger partial charge in [-0.2, -0.15) is 5.48 Å². The highest BCUT2D eigenvalue weighted by atomic mass is 16.7. The molecule has 0 aliphatic rings. The topological polar surface area (TPSA) is 75.6 Å². The molecule has 0 saturated heterocycles. The SMILES string of the molecule is CC(=O)ONC(=O)CCCCCCc1ccc2ccccc2c1O. The predicted octanol–water partition coefficient (Wildman–Crippen LogP) is 3.63. The van der Waals surface area contributed by atoms with E-state index in [0.717, 1.165) is 48.4 Å². The Balaban J connectivity index is 1.69. The van der Waals surface area contributed by atoms with Gasteiger partial charge in [-0.25, -0.2) is 0 Å². The molecule has 0 unspecified atom stereocenters. The minimum absolute atomic E-state index is 0.280. The monoisotopic (exact) mass is 329 g/mol. The van der Waals surface area contributed by atoms with Crippen molar-refractivity contribution in [1.82, 2.24) is 5.48 Å². The van der Waals surface area contributed by atoms with Crippen molar-refractivity contribution in [1.29, 1.82) is 0 Å². The average Bonchev–Trinajstić information content (AvgIpc) is 2.58. The summed E-state index contributed by atoms with van der Waals surface area (Å²) < 4.78 is 0. The van der Waals surface area contributed by atoms with Crippen molar-refractivity contribution >= 4 is 22.6 Å². The van der Waals surface area contributed by atoms with Crippen LogP contribution in [0.1, 0.15) is 44.6 Å². The third kappa shape index (κ3) is 5.26. The lowest BCUT2D eigenvalue weighted by atomic mass is 10.0. The predicted molar refractivity (Wildman–Crippen MR) is 92.3 cm³/mol. The Morgan fingerprint density at radius 2 is 1.79 bits per heavy atom. The zero-order chi connectivity index (χ0) is 17.4. The highest BCUT2D eigenvalue weighted by Crippen LogP contribution is 2.29. The molecule has 0 bridgehead atoms. The lowest BCUT2D eigenvalue weighted by Gasteiger charge is -2.08. The summed E-state index contributed by atoms with van der Waals surface area (Å²) in [7, 11) is 0. The van der Waals surface area contributed by atoms with Gasteiger partial charge in [0.1, 0.15) is 5.75 Å². The second-order valence-electron chi connectivity index (χ2n) is 5.83. The largest absolute Gasteiger partial charge is 0.507 e. The summed E-state index contributed by atoms with van der Waals surface area (Å²) in [4.78, 5) is 26.3. The molecule has 0 spiro atoms. The number of phenols is 1. The van der Waals surface area contributed by atoms with E-state index in [-0.39, 0.29) is 5.91 Å². The quantitative estimate of drug-likeness (QED) is 0.601. The maximum absolute atomic E-state index is 11.3. The normalized spacial score (nSPS) is 10.5. The van der Waals surface area contributed by atoms with Crippen molar-refractivity contribution in [2.45, 2.75) is 45.4 Å². The van der Waals surface area contributed by atoms with Crippen LogP contribution in [0.3, 0.4) is 0 Å². The van der Waals surface area contributed by atoms with Crippen molar-refractivity contribution in [2.75, 3.05) is 0 Å². The Labute approximate surface area is 141 Å². The van der Waals surface area contributed by atoms with Crippen LogP contribution in [0.15, 0.2) is 36.4 Å². The minimum Gasteiger partial charge on any atom is -0.507 e. The third-order valence-electron chi connectivity index (χ3n) is 3.89. The van der Waals surface area contributed by atoms with Crippen molar-refractivity contribution in [2.24, 2.45) is 0 Å². The van der Waals surface area contributed by atoms with Gasteiger partial charge in [-0.3, -0.25) is 9.59 Å². The number of unbranched alkanes of at least 4 members (excludes halogenated alkanes) is 3. The summed E-state index contributed by atoms with van der Waals surface area (Å²) in [5.74, 6) is -0.440. The van der Waals surface area contributed by atoms with Crippen LogP contribution in [0.2, 0.25) is 0 Å². The van der Waals surface area contributed by atoms with Crippen LogP contribution in [0.5, 0.6) is 5.75 Å². The van der Waals surface area contributed by atoms with Crippen LogP contribution < -0.4 is 5.48 Å². The van der Waals surface area contributed by atoms with Crippen LogP contribution >= 0.6 is 0 Å². The first kappa shape index (κ1) is 17.8. The van der Waals surface area contributed by atoms with E-state index in [0.29, 0.717) is 12.2 Å². The van der Waals surface area contributed by atoms with Gasteiger partial charge in [0.15, 0.2) is 0 Å². The molecular weight excluding hydrogens is 306 g/mol. The number of aryl methyl sites for hydroxylation is 1. The first-order valence-corrected chi connectivity index (χ1v) is 8.24. The highest BCUT2D eigenvalue weighted by Gasteiger charge is 2.06. The van der Waals surface area contributed by atoms with Crippen LogP contribution in [-0.2, 0) is 20.8 Å². The number of carbonyl (C=O) groups is 2. The molecule has 0 fully saturated rings. The van der Waals surface area contributed by atoms with Crippen molar-refractivity contribution in [3.05, 3.63) is 42.0 Å². The van der Waals surface area contributed by atoms with Gasteiger partial charge in [0.25, 0.3) is 5.91 Å². The number of carbonyl (C=O) groups excluding carboxylic acids is 2. The third-order valence-corrected chi connectivity index (χ3v) is 3.89. The fourth-order valence-electron chi connectivity index (χ4n) is 2.64. The zero-order valence-corrected chi connectivity index (χ0v) is 13.9. The van der Waals surface area contributed by atoms with Crippen molar-refractivity contribution < 1.29 is 19.5 Å². The fourth-order valence-corrected chi connectivity index (χ4v) is 2.64. The molecule has 0 heterocycles. The molecule has 2 rings (SSSR count). The number of hydroxylamine groups is 1. The van der Waals surface area contributed by atoms with E-state index in [2.05, 4.69) is 10.3 Å². The van der Waals surface area contributed by atoms with E-state index in [1.54, 1.807) is 0 Å². The molecule has 5 nitrogen and oxygen atoms in total. The van der Waals surface area contributed by atoms with Gasteiger partial charge < -0.3 is 9.94 Å². The Morgan fingerprint density at radius 3 is 2.58 bits per heavy atom. The summed E-state index contributed by atoms with van der Waals surface area (Å²) in [6, 6.07) is 11.8. The molecule has 128 valence electrons. The van der Waals surface area contributed by atoms with E-state index in [4.69, 9.17) is 0 Å². The van der Waals surface area contributed by atoms with Crippen LogP contribution in [0.25, 0.3) is 10.8 Å². The molecular formula is C19H23NO4. The Morgan fingerprint density at radius 1 is 1.04 bits per heavy atom. The number of fused-ring (bicyclic) bond motifs is 1. The smallest absolute Gasteiger partial charge is 0.329 e. The molecule has 0 aromatic heterocycles. The Hall–Kier alpha value is -2.56. The first-order chi connectivity index (χ1) is 11.6. The number of hydrogen-bond donors (Lipinski definition) is 2.